The van der Waals surface area contributed by atoms with Gasteiger partial charge in [0, 0.05) is 12.7 Å². The van der Waals surface area contributed by atoms with Crippen molar-refractivity contribution in [3.8, 4) is 0 Å². The van der Waals surface area contributed by atoms with Crippen molar-refractivity contribution < 1.29 is 9.21 Å². The monoisotopic (exact) mass is 272 g/mol. The summed E-state index contributed by atoms with van der Waals surface area (Å²) in [7, 11) is 1.64. The molecule has 1 heterocycles. The van der Waals surface area contributed by atoms with Crippen LogP contribution in [0.3, 0.4) is 0 Å². The molecule has 1 amide bonds. The number of furan rings is 1. The van der Waals surface area contributed by atoms with E-state index in [4.69, 9.17) is 4.42 Å². The van der Waals surface area contributed by atoms with Crippen LogP contribution in [-0.4, -0.2) is 13.0 Å². The van der Waals surface area contributed by atoms with Gasteiger partial charge in [0.15, 0.2) is 0 Å². The number of anilines is 1. The van der Waals surface area contributed by atoms with Crippen LogP contribution in [0.4, 0.5) is 5.69 Å². The fourth-order valence-corrected chi connectivity index (χ4v) is 2.00. The van der Waals surface area contributed by atoms with Crippen molar-refractivity contribution in [2.24, 2.45) is 0 Å². The highest BCUT2D eigenvalue weighted by molar-refractivity contribution is 5.78. The van der Waals surface area contributed by atoms with Crippen molar-refractivity contribution in [2.75, 3.05) is 12.4 Å². The van der Waals surface area contributed by atoms with E-state index in [0.717, 1.165) is 22.8 Å². The molecule has 1 unspecified atom stereocenters. The van der Waals surface area contributed by atoms with E-state index in [1.54, 1.807) is 7.05 Å². The van der Waals surface area contributed by atoms with E-state index >= 15 is 0 Å². The van der Waals surface area contributed by atoms with Crippen molar-refractivity contribution in [3.05, 3.63) is 53.5 Å². The van der Waals surface area contributed by atoms with E-state index < -0.39 is 0 Å². The molecule has 0 bridgehead atoms. The summed E-state index contributed by atoms with van der Waals surface area (Å²) in [6.07, 6.45) is 0.406. The van der Waals surface area contributed by atoms with E-state index in [1.807, 2.05) is 43.3 Å². The Morgan fingerprint density at radius 3 is 2.45 bits per heavy atom. The van der Waals surface area contributed by atoms with Crippen LogP contribution in [0.5, 0.6) is 0 Å². The Labute approximate surface area is 119 Å². The maximum absolute atomic E-state index is 11.3. The predicted octanol–water partition coefficient (Wildman–Crippen LogP) is 3.05. The van der Waals surface area contributed by atoms with Crippen molar-refractivity contribution in [3.63, 3.8) is 0 Å². The molecule has 0 aliphatic rings. The number of hydrogen-bond acceptors (Lipinski definition) is 3. The summed E-state index contributed by atoms with van der Waals surface area (Å²) in [5.41, 5.74) is 2.00. The number of benzene rings is 1. The summed E-state index contributed by atoms with van der Waals surface area (Å²) in [4.78, 5) is 11.3. The maximum atomic E-state index is 11.3. The van der Waals surface area contributed by atoms with E-state index in [1.165, 1.54) is 0 Å². The van der Waals surface area contributed by atoms with Gasteiger partial charge in [-0.05, 0) is 43.7 Å². The minimum Gasteiger partial charge on any atom is -0.464 e. The smallest absolute Gasteiger partial charge is 0.224 e. The Bertz CT molecular complexity index is 572. The molecule has 4 nitrogen and oxygen atoms in total. The summed E-state index contributed by atoms with van der Waals surface area (Å²) in [5, 5.41) is 5.99. The zero-order valence-electron chi connectivity index (χ0n) is 12.1. The number of likely N-dealkylation sites (N-methyl/N-ethyl adjacent to an activating group) is 1. The van der Waals surface area contributed by atoms with Gasteiger partial charge >= 0.3 is 0 Å². The molecular formula is C16H20N2O2. The molecule has 1 atom stereocenters. The van der Waals surface area contributed by atoms with Crippen LogP contribution in [0, 0.1) is 6.92 Å². The fraction of sp³-hybridized carbons (Fsp3) is 0.312. The molecule has 20 heavy (non-hydrogen) atoms. The third-order valence-electron chi connectivity index (χ3n) is 3.17. The molecule has 0 aliphatic heterocycles. The molecule has 1 aromatic carbocycles. The topological polar surface area (TPSA) is 54.3 Å². The summed E-state index contributed by atoms with van der Waals surface area (Å²) in [6, 6.07) is 11.9. The Balaban J connectivity index is 1.98. The molecule has 2 aromatic rings. The SMILES string of the molecule is CNC(=O)Cc1ccc(NC(C)c2ccc(C)o2)cc1. The molecule has 0 aliphatic carbocycles. The first-order valence-corrected chi connectivity index (χ1v) is 6.71. The fourth-order valence-electron chi connectivity index (χ4n) is 2.00. The number of rotatable bonds is 5. The van der Waals surface area contributed by atoms with Gasteiger partial charge in [-0.3, -0.25) is 4.79 Å². The van der Waals surface area contributed by atoms with Crippen molar-refractivity contribution in [1.82, 2.24) is 5.32 Å². The molecule has 106 valence electrons. The van der Waals surface area contributed by atoms with Gasteiger partial charge in [0.1, 0.15) is 11.5 Å². The van der Waals surface area contributed by atoms with Crippen molar-refractivity contribution in [1.29, 1.82) is 0 Å². The first-order chi connectivity index (χ1) is 9.58. The second-order valence-corrected chi connectivity index (χ2v) is 4.86. The summed E-state index contributed by atoms with van der Waals surface area (Å²) in [6.45, 7) is 3.99. The highest BCUT2D eigenvalue weighted by atomic mass is 16.3. The summed E-state index contributed by atoms with van der Waals surface area (Å²) in [5.74, 6) is 1.84. The molecule has 2 N–H and O–H groups in total. The number of carbonyl (C=O) groups is 1. The van der Waals surface area contributed by atoms with E-state index in [9.17, 15) is 4.79 Å². The Hall–Kier alpha value is -2.23. The Morgan fingerprint density at radius 1 is 1.20 bits per heavy atom. The van der Waals surface area contributed by atoms with Gasteiger partial charge in [0.2, 0.25) is 5.91 Å². The maximum Gasteiger partial charge on any atom is 0.224 e. The van der Waals surface area contributed by atoms with Gasteiger partial charge in [0.25, 0.3) is 0 Å². The van der Waals surface area contributed by atoms with Crippen molar-refractivity contribution >= 4 is 11.6 Å². The zero-order chi connectivity index (χ0) is 14.5. The van der Waals surface area contributed by atoms with Gasteiger partial charge in [0.05, 0.1) is 12.5 Å². The number of amides is 1. The predicted molar refractivity (Wildman–Crippen MR) is 79.7 cm³/mol. The van der Waals surface area contributed by atoms with Gasteiger partial charge in [-0.25, -0.2) is 0 Å². The minimum atomic E-state index is 0.0186. The van der Waals surface area contributed by atoms with Crippen LogP contribution in [0.15, 0.2) is 40.8 Å². The first-order valence-electron chi connectivity index (χ1n) is 6.71. The highest BCUT2D eigenvalue weighted by Gasteiger charge is 2.09. The lowest BCUT2D eigenvalue weighted by Gasteiger charge is -2.13. The van der Waals surface area contributed by atoms with Crippen LogP contribution in [0.1, 0.15) is 30.0 Å². The highest BCUT2D eigenvalue weighted by Crippen LogP contribution is 2.21. The minimum absolute atomic E-state index is 0.0186. The van der Waals surface area contributed by atoms with Crippen LogP contribution >= 0.6 is 0 Å². The molecule has 0 saturated heterocycles. The molecule has 4 heteroatoms. The number of nitrogens with one attached hydrogen (secondary N) is 2. The van der Waals surface area contributed by atoms with E-state index in [-0.39, 0.29) is 11.9 Å². The van der Waals surface area contributed by atoms with E-state index in [2.05, 4.69) is 17.6 Å². The standard InChI is InChI=1S/C16H20N2O2/c1-11-4-9-15(20-11)12(2)18-14-7-5-13(6-8-14)10-16(19)17-3/h4-9,12,18H,10H2,1-3H3,(H,17,19). The average molecular weight is 272 g/mol. The summed E-state index contributed by atoms with van der Waals surface area (Å²) >= 11 is 0. The van der Waals surface area contributed by atoms with Crippen LogP contribution in [0.25, 0.3) is 0 Å². The Kier molecular flexibility index (Phi) is 4.45. The third kappa shape index (κ3) is 3.63. The number of aryl methyl sites for hydroxylation is 1. The second-order valence-electron chi connectivity index (χ2n) is 4.86. The zero-order valence-corrected chi connectivity index (χ0v) is 12.1. The van der Waals surface area contributed by atoms with Gasteiger partial charge in [-0.15, -0.1) is 0 Å². The lowest BCUT2D eigenvalue weighted by Crippen LogP contribution is -2.19. The van der Waals surface area contributed by atoms with Gasteiger partial charge in [-0.2, -0.15) is 0 Å². The lowest BCUT2D eigenvalue weighted by atomic mass is 10.1. The molecule has 2 rings (SSSR count). The third-order valence-corrected chi connectivity index (χ3v) is 3.17. The normalized spacial score (nSPS) is 11.9. The van der Waals surface area contributed by atoms with Gasteiger partial charge < -0.3 is 15.1 Å². The number of hydrogen-bond donors (Lipinski definition) is 2. The average Bonchev–Trinajstić information content (AvgIpc) is 2.87. The lowest BCUT2D eigenvalue weighted by molar-refractivity contribution is -0.119. The molecule has 0 saturated carbocycles. The van der Waals surface area contributed by atoms with Crippen LogP contribution in [0.2, 0.25) is 0 Å². The van der Waals surface area contributed by atoms with E-state index in [0.29, 0.717) is 6.42 Å². The van der Waals surface area contributed by atoms with Gasteiger partial charge in [-0.1, -0.05) is 12.1 Å². The summed E-state index contributed by atoms with van der Waals surface area (Å²) < 4.78 is 5.59. The molecular weight excluding hydrogens is 252 g/mol. The molecule has 0 fully saturated rings. The Morgan fingerprint density at radius 2 is 1.90 bits per heavy atom. The quantitative estimate of drug-likeness (QED) is 0.879. The van der Waals surface area contributed by atoms with Crippen molar-refractivity contribution in [2.45, 2.75) is 26.3 Å². The second kappa shape index (κ2) is 6.28. The first kappa shape index (κ1) is 14.2. The van der Waals surface area contributed by atoms with Crippen LogP contribution < -0.4 is 10.6 Å². The largest absolute Gasteiger partial charge is 0.464 e. The number of carbonyl (C=O) groups excluding carboxylic acids is 1. The molecule has 1 aromatic heterocycles. The molecule has 0 spiro atoms. The molecule has 0 radical (unpaired) electrons. The van der Waals surface area contributed by atoms with Crippen LogP contribution in [-0.2, 0) is 11.2 Å².